The van der Waals surface area contributed by atoms with E-state index in [4.69, 9.17) is 4.74 Å². The van der Waals surface area contributed by atoms with Crippen LogP contribution in [-0.4, -0.2) is 29.8 Å². The Morgan fingerprint density at radius 3 is 2.62 bits per heavy atom. The summed E-state index contributed by atoms with van der Waals surface area (Å²) in [5.41, 5.74) is -0.792. The molecule has 6 nitrogen and oxygen atoms in total. The van der Waals surface area contributed by atoms with Crippen LogP contribution in [0, 0.1) is 17.5 Å². The summed E-state index contributed by atoms with van der Waals surface area (Å²) in [4.78, 5) is 18.8. The molecule has 0 atom stereocenters. The van der Waals surface area contributed by atoms with Crippen molar-refractivity contribution in [3.63, 3.8) is 0 Å². The lowest BCUT2D eigenvalue weighted by Gasteiger charge is -2.10. The van der Waals surface area contributed by atoms with E-state index in [0.717, 1.165) is 0 Å². The van der Waals surface area contributed by atoms with Gasteiger partial charge in [-0.2, -0.15) is 0 Å². The number of ether oxygens (including phenoxy) is 2. The number of nitrogens with one attached hydrogen (secondary N) is 1. The van der Waals surface area contributed by atoms with Gasteiger partial charge in [-0.1, -0.05) is 0 Å². The third-order valence-corrected chi connectivity index (χ3v) is 2.45. The van der Waals surface area contributed by atoms with Crippen molar-refractivity contribution in [2.45, 2.75) is 6.92 Å². The van der Waals surface area contributed by atoms with Gasteiger partial charge in [-0.15, -0.1) is 0 Å². The molecule has 0 unspecified atom stereocenters. The van der Waals surface area contributed by atoms with Gasteiger partial charge in [0.2, 0.25) is 0 Å². The van der Waals surface area contributed by atoms with Crippen LogP contribution in [0.1, 0.15) is 6.92 Å². The number of carbonyl (C=O) groups excluding carboxylic acids is 1. The number of rotatable bonds is 3. The number of nitrogens with zero attached hydrogens (tertiary/aromatic N) is 2. The first-order valence-electron chi connectivity index (χ1n) is 5.81. The summed E-state index contributed by atoms with van der Waals surface area (Å²) in [5, 5.41) is 2.21. The highest BCUT2D eigenvalue weighted by atomic mass is 19.2. The Kier molecular flexibility index (Phi) is 4.10. The van der Waals surface area contributed by atoms with Gasteiger partial charge in [0.05, 0.1) is 19.2 Å². The minimum atomic E-state index is -1.66. The maximum absolute atomic E-state index is 13.6. The Bertz CT molecular complexity index is 709. The number of methoxy groups -OCH3 is 1. The Labute approximate surface area is 116 Å². The lowest BCUT2D eigenvalue weighted by Crippen LogP contribution is -2.16. The maximum atomic E-state index is 13.6. The predicted molar refractivity (Wildman–Crippen MR) is 66.6 cm³/mol. The predicted octanol–water partition coefficient (Wildman–Crippen LogP) is 2.62. The quantitative estimate of drug-likeness (QED) is 0.882. The standard InChI is InChI=1S/C12H10F3N3O3/c1-3-21-12(19)18-10-11(20-2)17-9-6(16-10)4-5(13)7(14)8(9)15/h4H,3H2,1-2H3,(H,16,18,19). The highest BCUT2D eigenvalue weighted by molar-refractivity contribution is 5.87. The zero-order valence-corrected chi connectivity index (χ0v) is 11.0. The van der Waals surface area contributed by atoms with Gasteiger partial charge in [0.25, 0.3) is 5.88 Å². The largest absolute Gasteiger partial charge is 0.478 e. The van der Waals surface area contributed by atoms with Gasteiger partial charge in [0.15, 0.2) is 23.3 Å². The van der Waals surface area contributed by atoms with E-state index in [2.05, 4.69) is 20.0 Å². The maximum Gasteiger partial charge on any atom is 0.412 e. The van der Waals surface area contributed by atoms with Crippen LogP contribution in [0.25, 0.3) is 11.0 Å². The van der Waals surface area contributed by atoms with E-state index in [1.165, 1.54) is 7.11 Å². The van der Waals surface area contributed by atoms with Crippen LogP contribution >= 0.6 is 0 Å². The fourth-order valence-corrected chi connectivity index (χ4v) is 1.57. The average Bonchev–Trinajstić information content (AvgIpc) is 2.45. The summed E-state index contributed by atoms with van der Waals surface area (Å²) in [6, 6.07) is 0.663. The monoisotopic (exact) mass is 301 g/mol. The van der Waals surface area contributed by atoms with Gasteiger partial charge in [-0.25, -0.2) is 27.9 Å². The smallest absolute Gasteiger partial charge is 0.412 e. The van der Waals surface area contributed by atoms with E-state index < -0.39 is 29.1 Å². The van der Waals surface area contributed by atoms with Crippen molar-refractivity contribution >= 4 is 22.9 Å². The molecule has 0 radical (unpaired) electrons. The molecule has 0 fully saturated rings. The second-order valence-corrected chi connectivity index (χ2v) is 3.78. The number of hydrogen-bond donors (Lipinski definition) is 1. The number of benzene rings is 1. The number of halogens is 3. The summed E-state index contributed by atoms with van der Waals surface area (Å²) in [5.74, 6) is -5.03. The first-order chi connectivity index (χ1) is 9.97. The molecule has 2 rings (SSSR count). The van der Waals surface area contributed by atoms with E-state index in [-0.39, 0.29) is 23.8 Å². The number of carbonyl (C=O) groups is 1. The molecule has 2 aromatic rings. The Hall–Kier alpha value is -2.58. The van der Waals surface area contributed by atoms with Crippen molar-refractivity contribution in [3.05, 3.63) is 23.5 Å². The fraction of sp³-hybridized carbons (Fsp3) is 0.250. The summed E-state index contributed by atoms with van der Waals surface area (Å²) in [6.45, 7) is 1.71. The molecule has 1 heterocycles. The molecule has 0 saturated heterocycles. The van der Waals surface area contributed by atoms with Crippen molar-refractivity contribution in [2.75, 3.05) is 19.0 Å². The highest BCUT2D eigenvalue weighted by Gasteiger charge is 2.20. The summed E-state index contributed by atoms with van der Waals surface area (Å²) in [7, 11) is 1.20. The number of anilines is 1. The van der Waals surface area contributed by atoms with Gasteiger partial charge >= 0.3 is 6.09 Å². The number of fused-ring (bicyclic) bond motifs is 1. The lowest BCUT2D eigenvalue weighted by molar-refractivity contribution is 0.167. The van der Waals surface area contributed by atoms with Crippen molar-refractivity contribution in [2.24, 2.45) is 0 Å². The molecular formula is C12H10F3N3O3. The molecule has 21 heavy (non-hydrogen) atoms. The lowest BCUT2D eigenvalue weighted by atomic mass is 10.2. The van der Waals surface area contributed by atoms with E-state index in [9.17, 15) is 18.0 Å². The summed E-state index contributed by atoms with van der Waals surface area (Å²) >= 11 is 0. The number of hydrogen-bond acceptors (Lipinski definition) is 5. The second kappa shape index (κ2) is 5.81. The minimum Gasteiger partial charge on any atom is -0.478 e. The summed E-state index contributed by atoms with van der Waals surface area (Å²) in [6.07, 6.45) is -0.840. The Morgan fingerprint density at radius 1 is 1.29 bits per heavy atom. The van der Waals surface area contributed by atoms with E-state index in [1.54, 1.807) is 6.92 Å². The molecule has 1 amide bonds. The van der Waals surface area contributed by atoms with Crippen LogP contribution in [0.3, 0.4) is 0 Å². The first kappa shape index (κ1) is 14.8. The highest BCUT2D eigenvalue weighted by Crippen LogP contribution is 2.27. The zero-order valence-electron chi connectivity index (χ0n) is 11.0. The van der Waals surface area contributed by atoms with Gasteiger partial charge in [-0.05, 0) is 6.92 Å². The van der Waals surface area contributed by atoms with Crippen LogP contribution in [0.2, 0.25) is 0 Å². The third-order valence-electron chi connectivity index (χ3n) is 2.45. The van der Waals surface area contributed by atoms with Gasteiger partial charge < -0.3 is 9.47 Å². The zero-order chi connectivity index (χ0) is 15.6. The molecule has 0 saturated carbocycles. The molecule has 9 heteroatoms. The number of aromatic nitrogens is 2. The molecule has 0 aliphatic carbocycles. The van der Waals surface area contributed by atoms with Crippen LogP contribution in [0.15, 0.2) is 6.07 Å². The van der Waals surface area contributed by atoms with Crippen LogP contribution in [-0.2, 0) is 4.74 Å². The van der Waals surface area contributed by atoms with E-state index >= 15 is 0 Å². The van der Waals surface area contributed by atoms with Crippen molar-refractivity contribution < 1.29 is 27.4 Å². The molecule has 0 aliphatic heterocycles. The number of amides is 1. The Morgan fingerprint density at radius 2 is 2.00 bits per heavy atom. The molecular weight excluding hydrogens is 291 g/mol. The van der Waals surface area contributed by atoms with Gasteiger partial charge in [-0.3, -0.25) is 5.32 Å². The topological polar surface area (TPSA) is 73.3 Å². The molecule has 1 aromatic carbocycles. The minimum absolute atomic E-state index is 0.115. The average molecular weight is 301 g/mol. The van der Waals surface area contributed by atoms with Crippen LogP contribution in [0.4, 0.5) is 23.8 Å². The van der Waals surface area contributed by atoms with Crippen molar-refractivity contribution in [1.29, 1.82) is 0 Å². The van der Waals surface area contributed by atoms with E-state index in [1.807, 2.05) is 0 Å². The molecule has 112 valence electrons. The normalized spacial score (nSPS) is 10.5. The molecule has 0 spiro atoms. The van der Waals surface area contributed by atoms with Crippen molar-refractivity contribution in [3.8, 4) is 5.88 Å². The summed E-state index contributed by atoms with van der Waals surface area (Å²) < 4.78 is 49.4. The molecule has 1 N–H and O–H groups in total. The Balaban J connectivity index is 2.56. The van der Waals surface area contributed by atoms with E-state index in [0.29, 0.717) is 6.07 Å². The third kappa shape index (κ3) is 2.81. The first-order valence-corrected chi connectivity index (χ1v) is 5.81. The second-order valence-electron chi connectivity index (χ2n) is 3.78. The van der Waals surface area contributed by atoms with Crippen LogP contribution < -0.4 is 10.1 Å². The van der Waals surface area contributed by atoms with Crippen molar-refractivity contribution in [1.82, 2.24) is 9.97 Å². The fourth-order valence-electron chi connectivity index (χ4n) is 1.57. The van der Waals surface area contributed by atoms with Gasteiger partial charge in [0, 0.05) is 6.07 Å². The molecule has 0 bridgehead atoms. The molecule has 0 aliphatic rings. The van der Waals surface area contributed by atoms with Crippen LogP contribution in [0.5, 0.6) is 5.88 Å². The van der Waals surface area contributed by atoms with Gasteiger partial charge in [0.1, 0.15) is 5.52 Å². The SMILES string of the molecule is CCOC(=O)Nc1nc2cc(F)c(F)c(F)c2nc1OC. The molecule has 1 aromatic heterocycles.